The standard InChI is InChI=1S/C10H12F2N2/c1-14(8-5-13-6-8)10-3-2-7(11)4-9(10)12/h2-4,8,13H,5-6H2,1H3. The molecule has 76 valence electrons. The summed E-state index contributed by atoms with van der Waals surface area (Å²) < 4.78 is 26.0. The van der Waals surface area contributed by atoms with Gasteiger partial charge < -0.3 is 10.2 Å². The first-order chi connectivity index (χ1) is 6.68. The first kappa shape index (κ1) is 9.40. The molecule has 1 N–H and O–H groups in total. The first-order valence-corrected chi connectivity index (χ1v) is 4.57. The van der Waals surface area contributed by atoms with E-state index in [9.17, 15) is 8.78 Å². The summed E-state index contributed by atoms with van der Waals surface area (Å²) in [6.07, 6.45) is 0. The monoisotopic (exact) mass is 198 g/mol. The molecular formula is C10H12F2N2. The fourth-order valence-electron chi connectivity index (χ4n) is 1.51. The summed E-state index contributed by atoms with van der Waals surface area (Å²) in [5.41, 5.74) is 0.456. The molecule has 1 aromatic carbocycles. The summed E-state index contributed by atoms with van der Waals surface area (Å²) in [7, 11) is 1.82. The molecule has 2 nitrogen and oxygen atoms in total. The maximum Gasteiger partial charge on any atom is 0.149 e. The van der Waals surface area contributed by atoms with Gasteiger partial charge in [0.2, 0.25) is 0 Å². The lowest BCUT2D eigenvalue weighted by Crippen LogP contribution is -2.56. The van der Waals surface area contributed by atoms with Gasteiger partial charge >= 0.3 is 0 Å². The molecule has 2 rings (SSSR count). The van der Waals surface area contributed by atoms with Crippen LogP contribution in [-0.2, 0) is 0 Å². The van der Waals surface area contributed by atoms with Crippen molar-refractivity contribution in [2.75, 3.05) is 25.0 Å². The van der Waals surface area contributed by atoms with Gasteiger partial charge in [0.25, 0.3) is 0 Å². The minimum absolute atomic E-state index is 0.315. The molecule has 4 heteroatoms. The van der Waals surface area contributed by atoms with Gasteiger partial charge in [-0.3, -0.25) is 0 Å². The zero-order valence-corrected chi connectivity index (χ0v) is 7.93. The quantitative estimate of drug-likeness (QED) is 0.772. The molecule has 1 aliphatic heterocycles. The predicted molar refractivity (Wildman–Crippen MR) is 51.4 cm³/mol. The number of benzene rings is 1. The zero-order chi connectivity index (χ0) is 10.1. The van der Waals surface area contributed by atoms with Crippen molar-refractivity contribution in [3.8, 4) is 0 Å². The van der Waals surface area contributed by atoms with E-state index in [1.807, 2.05) is 11.9 Å². The number of anilines is 1. The number of nitrogens with zero attached hydrogens (tertiary/aromatic N) is 1. The van der Waals surface area contributed by atoms with Gasteiger partial charge in [-0.05, 0) is 12.1 Å². The van der Waals surface area contributed by atoms with Crippen LogP contribution in [0.25, 0.3) is 0 Å². The van der Waals surface area contributed by atoms with Crippen molar-refractivity contribution in [2.24, 2.45) is 0 Å². The third-order valence-electron chi connectivity index (χ3n) is 2.60. The second kappa shape index (κ2) is 3.53. The Morgan fingerprint density at radius 2 is 2.07 bits per heavy atom. The summed E-state index contributed by atoms with van der Waals surface area (Å²) in [4.78, 5) is 1.84. The molecule has 0 radical (unpaired) electrons. The Balaban J connectivity index is 2.22. The van der Waals surface area contributed by atoms with Crippen LogP contribution >= 0.6 is 0 Å². The highest BCUT2D eigenvalue weighted by molar-refractivity contribution is 5.48. The molecule has 1 aliphatic rings. The van der Waals surface area contributed by atoms with E-state index in [4.69, 9.17) is 0 Å². The Bertz CT molecular complexity index is 337. The third-order valence-corrected chi connectivity index (χ3v) is 2.60. The average Bonchev–Trinajstić information content (AvgIpc) is 2.00. The molecule has 0 saturated carbocycles. The van der Waals surface area contributed by atoms with Gasteiger partial charge in [-0.1, -0.05) is 0 Å². The van der Waals surface area contributed by atoms with Crippen LogP contribution < -0.4 is 10.2 Å². The average molecular weight is 198 g/mol. The molecule has 1 aromatic rings. The van der Waals surface area contributed by atoms with Gasteiger partial charge in [0.05, 0.1) is 11.7 Å². The molecule has 1 fully saturated rings. The summed E-state index contributed by atoms with van der Waals surface area (Å²) in [5, 5.41) is 3.10. The molecule has 14 heavy (non-hydrogen) atoms. The van der Waals surface area contributed by atoms with Crippen LogP contribution in [0.2, 0.25) is 0 Å². The first-order valence-electron chi connectivity index (χ1n) is 4.57. The Labute approximate surface area is 81.5 Å². The van der Waals surface area contributed by atoms with E-state index in [1.54, 1.807) is 0 Å². The summed E-state index contributed by atoms with van der Waals surface area (Å²) >= 11 is 0. The van der Waals surface area contributed by atoms with Crippen LogP contribution in [0.1, 0.15) is 0 Å². The lowest BCUT2D eigenvalue weighted by Gasteiger charge is -2.37. The van der Waals surface area contributed by atoms with Crippen molar-refractivity contribution in [3.05, 3.63) is 29.8 Å². The number of likely N-dealkylation sites (N-methyl/N-ethyl adjacent to an activating group) is 1. The fourth-order valence-corrected chi connectivity index (χ4v) is 1.51. The fraction of sp³-hybridized carbons (Fsp3) is 0.400. The highest BCUT2D eigenvalue weighted by Gasteiger charge is 2.23. The minimum Gasteiger partial charge on any atom is -0.367 e. The number of hydrogen-bond donors (Lipinski definition) is 1. The van der Waals surface area contributed by atoms with E-state index in [0.717, 1.165) is 19.2 Å². The molecule has 0 spiro atoms. The van der Waals surface area contributed by atoms with Gasteiger partial charge in [-0.15, -0.1) is 0 Å². The predicted octanol–water partition coefficient (Wildman–Crippen LogP) is 1.37. The topological polar surface area (TPSA) is 15.3 Å². The van der Waals surface area contributed by atoms with E-state index in [2.05, 4.69) is 5.32 Å². The van der Waals surface area contributed by atoms with Crippen molar-refractivity contribution >= 4 is 5.69 Å². The van der Waals surface area contributed by atoms with Crippen LogP contribution in [0, 0.1) is 11.6 Å². The van der Waals surface area contributed by atoms with Crippen molar-refractivity contribution < 1.29 is 8.78 Å². The second-order valence-electron chi connectivity index (χ2n) is 3.52. The van der Waals surface area contributed by atoms with Crippen molar-refractivity contribution in [2.45, 2.75) is 6.04 Å². The van der Waals surface area contributed by atoms with Crippen molar-refractivity contribution in [1.29, 1.82) is 0 Å². The highest BCUT2D eigenvalue weighted by Crippen LogP contribution is 2.21. The van der Waals surface area contributed by atoms with E-state index in [1.165, 1.54) is 12.1 Å². The van der Waals surface area contributed by atoms with Gasteiger partial charge in [-0.2, -0.15) is 0 Å². The third kappa shape index (κ3) is 1.57. The summed E-state index contributed by atoms with van der Waals surface area (Å²) in [6.45, 7) is 1.71. The number of nitrogens with one attached hydrogen (secondary N) is 1. The second-order valence-corrected chi connectivity index (χ2v) is 3.52. The van der Waals surface area contributed by atoms with Crippen molar-refractivity contribution in [1.82, 2.24) is 5.32 Å². The lowest BCUT2D eigenvalue weighted by atomic mass is 10.1. The Hall–Kier alpha value is -1.16. The molecule has 1 saturated heterocycles. The molecule has 0 unspecified atom stereocenters. The van der Waals surface area contributed by atoms with Gasteiger partial charge in [0.15, 0.2) is 0 Å². The van der Waals surface area contributed by atoms with Crippen LogP contribution in [0.4, 0.5) is 14.5 Å². The maximum absolute atomic E-state index is 13.3. The summed E-state index contributed by atoms with van der Waals surface area (Å²) in [6, 6.07) is 3.98. The van der Waals surface area contributed by atoms with Gasteiger partial charge in [0, 0.05) is 26.2 Å². The smallest absolute Gasteiger partial charge is 0.149 e. The maximum atomic E-state index is 13.3. The van der Waals surface area contributed by atoms with E-state index in [-0.39, 0.29) is 0 Å². The Morgan fingerprint density at radius 1 is 1.36 bits per heavy atom. The van der Waals surface area contributed by atoms with E-state index >= 15 is 0 Å². The van der Waals surface area contributed by atoms with Gasteiger partial charge in [-0.25, -0.2) is 8.78 Å². The Morgan fingerprint density at radius 3 is 2.57 bits per heavy atom. The van der Waals surface area contributed by atoms with Crippen LogP contribution in [0.5, 0.6) is 0 Å². The van der Waals surface area contributed by atoms with Crippen molar-refractivity contribution in [3.63, 3.8) is 0 Å². The van der Waals surface area contributed by atoms with E-state index < -0.39 is 11.6 Å². The molecule has 0 aliphatic carbocycles. The lowest BCUT2D eigenvalue weighted by molar-refractivity contribution is 0.424. The van der Waals surface area contributed by atoms with Crippen LogP contribution in [0.15, 0.2) is 18.2 Å². The highest BCUT2D eigenvalue weighted by atomic mass is 19.1. The molecular weight excluding hydrogens is 186 g/mol. The Kier molecular flexibility index (Phi) is 2.37. The number of halogens is 2. The van der Waals surface area contributed by atoms with Crippen LogP contribution in [0.3, 0.4) is 0 Å². The molecule has 1 heterocycles. The number of hydrogen-bond acceptors (Lipinski definition) is 2. The van der Waals surface area contributed by atoms with E-state index in [0.29, 0.717) is 11.7 Å². The molecule has 0 atom stereocenters. The largest absolute Gasteiger partial charge is 0.367 e. The molecule has 0 aromatic heterocycles. The summed E-state index contributed by atoms with van der Waals surface area (Å²) in [5.74, 6) is -1.04. The number of rotatable bonds is 2. The SMILES string of the molecule is CN(c1ccc(F)cc1F)C1CNC1. The minimum atomic E-state index is -0.536. The van der Waals surface area contributed by atoms with Gasteiger partial charge in [0.1, 0.15) is 11.6 Å². The molecule has 0 bridgehead atoms. The van der Waals surface area contributed by atoms with Crippen LogP contribution in [-0.4, -0.2) is 26.2 Å². The zero-order valence-electron chi connectivity index (χ0n) is 7.93. The normalized spacial score (nSPS) is 16.5. The molecule has 0 amide bonds.